The molecule has 3 nitrogen and oxygen atoms in total. The molecule has 0 bridgehead atoms. The number of hydrogen-bond donors (Lipinski definition) is 0. The topological polar surface area (TPSA) is 29.3 Å². The molecule has 0 saturated carbocycles. The molecular weight excluding hydrogens is 214 g/mol. The summed E-state index contributed by atoms with van der Waals surface area (Å²) in [5, 5.41) is 0. The number of hydrogen-bond acceptors (Lipinski definition) is 3. The van der Waals surface area contributed by atoms with Gasteiger partial charge in [0, 0.05) is 6.54 Å². The van der Waals surface area contributed by atoms with Crippen LogP contribution in [0.25, 0.3) is 0 Å². The number of rotatable bonds is 5. The van der Waals surface area contributed by atoms with E-state index in [0.29, 0.717) is 6.61 Å². The predicted molar refractivity (Wildman–Crippen MR) is 66.4 cm³/mol. The quantitative estimate of drug-likeness (QED) is 0.441. The van der Waals surface area contributed by atoms with Gasteiger partial charge in [0.05, 0.1) is 12.6 Å². The lowest BCUT2D eigenvalue weighted by molar-refractivity contribution is -0.143. The van der Waals surface area contributed by atoms with Gasteiger partial charge in [-0.2, -0.15) is 0 Å². The zero-order chi connectivity index (χ0) is 12.3. The molecule has 1 fully saturated rings. The standard InChI is InChI=1S/C14H17NO2/c1-3-12-13(14(16)17-4-2)15(12)10-11-8-6-5-7-9-11/h3,5-9,12-13H,1,4,10H2,2H3/t12-,13+,15?/m0/s1. The van der Waals surface area contributed by atoms with Crippen LogP contribution in [-0.4, -0.2) is 29.6 Å². The molecule has 0 N–H and O–H groups in total. The van der Waals surface area contributed by atoms with E-state index in [0.717, 1.165) is 6.54 Å². The largest absolute Gasteiger partial charge is 0.465 e. The molecule has 3 atom stereocenters. The summed E-state index contributed by atoms with van der Waals surface area (Å²) in [4.78, 5) is 13.7. The van der Waals surface area contributed by atoms with Gasteiger partial charge in [0.15, 0.2) is 0 Å². The Morgan fingerprint density at radius 3 is 2.76 bits per heavy atom. The minimum atomic E-state index is -0.146. The Morgan fingerprint density at radius 1 is 1.47 bits per heavy atom. The van der Waals surface area contributed by atoms with Gasteiger partial charge < -0.3 is 4.74 Å². The van der Waals surface area contributed by atoms with Crippen molar-refractivity contribution in [3.63, 3.8) is 0 Å². The van der Waals surface area contributed by atoms with E-state index in [1.807, 2.05) is 31.2 Å². The smallest absolute Gasteiger partial charge is 0.325 e. The minimum Gasteiger partial charge on any atom is -0.465 e. The third-order valence-corrected chi connectivity index (χ3v) is 2.95. The molecule has 1 aliphatic heterocycles. The van der Waals surface area contributed by atoms with E-state index in [-0.39, 0.29) is 18.1 Å². The molecule has 1 aromatic carbocycles. The molecule has 0 aromatic heterocycles. The fraction of sp³-hybridized carbons (Fsp3) is 0.357. The minimum absolute atomic E-state index is 0.120. The fourth-order valence-electron chi connectivity index (χ4n) is 2.06. The van der Waals surface area contributed by atoms with Crippen LogP contribution in [0.4, 0.5) is 0 Å². The predicted octanol–water partition coefficient (Wildman–Crippen LogP) is 1.99. The summed E-state index contributed by atoms with van der Waals surface area (Å²) in [5.74, 6) is -0.145. The lowest BCUT2D eigenvalue weighted by atomic mass is 10.2. The van der Waals surface area contributed by atoms with Gasteiger partial charge >= 0.3 is 5.97 Å². The van der Waals surface area contributed by atoms with Crippen molar-refractivity contribution in [2.75, 3.05) is 6.61 Å². The Kier molecular flexibility index (Phi) is 3.59. The fourth-order valence-corrected chi connectivity index (χ4v) is 2.06. The summed E-state index contributed by atoms with van der Waals surface area (Å²) in [6.07, 6.45) is 1.81. The Labute approximate surface area is 102 Å². The summed E-state index contributed by atoms with van der Waals surface area (Å²) in [6.45, 7) is 6.78. The van der Waals surface area contributed by atoms with E-state index in [1.54, 1.807) is 0 Å². The van der Waals surface area contributed by atoms with Crippen molar-refractivity contribution in [2.24, 2.45) is 0 Å². The van der Waals surface area contributed by atoms with Crippen LogP contribution in [0.15, 0.2) is 43.0 Å². The highest BCUT2D eigenvalue weighted by Gasteiger charge is 2.51. The number of ether oxygens (including phenoxy) is 1. The first-order valence-electron chi connectivity index (χ1n) is 5.86. The van der Waals surface area contributed by atoms with Crippen molar-refractivity contribution in [1.82, 2.24) is 4.90 Å². The summed E-state index contributed by atoms with van der Waals surface area (Å²) in [6, 6.07) is 10.1. The summed E-state index contributed by atoms with van der Waals surface area (Å²) >= 11 is 0. The Bertz CT molecular complexity index is 402. The van der Waals surface area contributed by atoms with Crippen molar-refractivity contribution >= 4 is 5.97 Å². The van der Waals surface area contributed by atoms with Crippen LogP contribution in [0.2, 0.25) is 0 Å². The molecule has 1 heterocycles. The lowest BCUT2D eigenvalue weighted by Crippen LogP contribution is -2.16. The SMILES string of the molecule is C=C[C@H]1[C@H](C(=O)OCC)N1Cc1ccccc1. The molecule has 17 heavy (non-hydrogen) atoms. The first-order valence-corrected chi connectivity index (χ1v) is 5.86. The maximum absolute atomic E-state index is 11.7. The summed E-state index contributed by atoms with van der Waals surface area (Å²) in [5.41, 5.74) is 1.20. The molecule has 90 valence electrons. The second-order valence-corrected chi connectivity index (χ2v) is 4.08. The maximum Gasteiger partial charge on any atom is 0.325 e. The van der Waals surface area contributed by atoms with Gasteiger partial charge in [-0.3, -0.25) is 9.69 Å². The van der Waals surface area contributed by atoms with Crippen molar-refractivity contribution in [2.45, 2.75) is 25.6 Å². The number of esters is 1. The Balaban J connectivity index is 1.98. The van der Waals surface area contributed by atoms with Crippen LogP contribution in [0, 0.1) is 0 Å². The number of nitrogens with zero attached hydrogens (tertiary/aromatic N) is 1. The second kappa shape index (κ2) is 5.15. The van der Waals surface area contributed by atoms with Gasteiger partial charge in [-0.25, -0.2) is 0 Å². The van der Waals surface area contributed by atoms with Gasteiger partial charge in [0.1, 0.15) is 6.04 Å². The van der Waals surface area contributed by atoms with Gasteiger partial charge in [0.25, 0.3) is 0 Å². The van der Waals surface area contributed by atoms with Gasteiger partial charge in [0.2, 0.25) is 0 Å². The molecular formula is C14H17NO2. The van der Waals surface area contributed by atoms with E-state index in [4.69, 9.17) is 4.74 Å². The lowest BCUT2D eigenvalue weighted by Gasteiger charge is -2.03. The molecule has 0 spiro atoms. The van der Waals surface area contributed by atoms with Crippen LogP contribution >= 0.6 is 0 Å². The number of carbonyl (C=O) groups excluding carboxylic acids is 1. The third kappa shape index (κ3) is 2.56. The van der Waals surface area contributed by atoms with Crippen molar-refractivity contribution in [3.05, 3.63) is 48.6 Å². The monoisotopic (exact) mass is 231 g/mol. The van der Waals surface area contributed by atoms with Crippen LogP contribution in [0.1, 0.15) is 12.5 Å². The maximum atomic E-state index is 11.7. The average molecular weight is 231 g/mol. The highest BCUT2D eigenvalue weighted by atomic mass is 16.5. The van der Waals surface area contributed by atoms with E-state index >= 15 is 0 Å². The molecule has 0 amide bonds. The third-order valence-electron chi connectivity index (χ3n) is 2.95. The van der Waals surface area contributed by atoms with Gasteiger partial charge in [-0.05, 0) is 12.5 Å². The van der Waals surface area contributed by atoms with Gasteiger partial charge in [-0.1, -0.05) is 36.4 Å². The highest BCUT2D eigenvalue weighted by molar-refractivity contribution is 5.80. The van der Waals surface area contributed by atoms with Crippen LogP contribution in [0.5, 0.6) is 0 Å². The van der Waals surface area contributed by atoms with E-state index < -0.39 is 0 Å². The average Bonchev–Trinajstić information content (AvgIpc) is 3.04. The molecule has 2 rings (SSSR count). The van der Waals surface area contributed by atoms with Crippen LogP contribution in [-0.2, 0) is 16.1 Å². The van der Waals surface area contributed by atoms with Crippen molar-refractivity contribution in [3.8, 4) is 0 Å². The molecule has 3 heteroatoms. The molecule has 0 radical (unpaired) electrons. The highest BCUT2D eigenvalue weighted by Crippen LogP contribution is 2.32. The van der Waals surface area contributed by atoms with Crippen molar-refractivity contribution < 1.29 is 9.53 Å². The van der Waals surface area contributed by atoms with E-state index in [1.165, 1.54) is 5.56 Å². The Hall–Kier alpha value is -1.61. The van der Waals surface area contributed by atoms with Crippen molar-refractivity contribution in [1.29, 1.82) is 0 Å². The van der Waals surface area contributed by atoms with E-state index in [2.05, 4.69) is 23.6 Å². The molecule has 1 unspecified atom stereocenters. The van der Waals surface area contributed by atoms with Crippen LogP contribution < -0.4 is 0 Å². The first-order chi connectivity index (χ1) is 8.27. The normalized spacial score (nSPS) is 26.3. The summed E-state index contributed by atoms with van der Waals surface area (Å²) in [7, 11) is 0. The molecule has 1 aromatic rings. The molecule has 0 aliphatic carbocycles. The molecule has 1 aliphatic rings. The Morgan fingerprint density at radius 2 is 2.18 bits per heavy atom. The van der Waals surface area contributed by atoms with E-state index in [9.17, 15) is 4.79 Å². The number of carbonyl (C=O) groups is 1. The van der Waals surface area contributed by atoms with Crippen LogP contribution in [0.3, 0.4) is 0 Å². The first kappa shape index (κ1) is 11.9. The zero-order valence-electron chi connectivity index (χ0n) is 10.0. The zero-order valence-corrected chi connectivity index (χ0v) is 10.0. The molecule has 1 saturated heterocycles. The van der Waals surface area contributed by atoms with Gasteiger partial charge in [-0.15, -0.1) is 6.58 Å². The summed E-state index contributed by atoms with van der Waals surface area (Å²) < 4.78 is 5.04. The second-order valence-electron chi connectivity index (χ2n) is 4.08. The number of benzene rings is 1.